The van der Waals surface area contributed by atoms with Gasteiger partial charge in [-0.1, -0.05) is 6.42 Å². The fourth-order valence-electron chi connectivity index (χ4n) is 3.09. The van der Waals surface area contributed by atoms with Crippen molar-refractivity contribution >= 4 is 0 Å². The Bertz CT molecular complexity index is 300. The maximum atomic E-state index is 12.5. The number of alkyl halides is 3. The minimum absolute atomic E-state index is 0.0254. The van der Waals surface area contributed by atoms with Crippen molar-refractivity contribution in [1.29, 1.82) is 5.26 Å². The Hall–Kier alpha value is -0.760. The summed E-state index contributed by atoms with van der Waals surface area (Å²) in [6, 6.07) is 2.49. The van der Waals surface area contributed by atoms with Gasteiger partial charge in [-0.3, -0.25) is 4.90 Å². The number of nitrogens with zero attached hydrogens (tertiary/aromatic N) is 2. The third-order valence-electron chi connectivity index (χ3n) is 4.11. The van der Waals surface area contributed by atoms with E-state index >= 15 is 0 Å². The molecule has 2 unspecified atom stereocenters. The monoisotopic (exact) mass is 246 g/mol. The molecule has 17 heavy (non-hydrogen) atoms. The summed E-state index contributed by atoms with van der Waals surface area (Å²) < 4.78 is 37.6. The highest BCUT2D eigenvalue weighted by Gasteiger charge is 2.43. The highest BCUT2D eigenvalue weighted by atomic mass is 19.4. The van der Waals surface area contributed by atoms with E-state index in [0.29, 0.717) is 13.1 Å². The van der Waals surface area contributed by atoms with E-state index in [1.807, 2.05) is 0 Å². The van der Waals surface area contributed by atoms with Gasteiger partial charge >= 0.3 is 6.18 Å². The standard InChI is InChI=1S/C12H17F3N2/c13-12(14,15)10-4-6-17(7-5-10)11-3-1-2-9(11)8-16/h9-11H,1-7H2. The van der Waals surface area contributed by atoms with Crippen molar-refractivity contribution in [1.82, 2.24) is 4.90 Å². The van der Waals surface area contributed by atoms with E-state index in [1.54, 1.807) is 0 Å². The van der Waals surface area contributed by atoms with Crippen molar-refractivity contribution in [3.05, 3.63) is 0 Å². The van der Waals surface area contributed by atoms with E-state index in [-0.39, 0.29) is 24.8 Å². The first-order valence-electron chi connectivity index (χ1n) is 6.22. The van der Waals surface area contributed by atoms with Gasteiger partial charge in [0.2, 0.25) is 0 Å². The molecule has 2 nitrogen and oxygen atoms in total. The van der Waals surface area contributed by atoms with Crippen LogP contribution in [0, 0.1) is 23.2 Å². The molecule has 96 valence electrons. The number of likely N-dealkylation sites (tertiary alicyclic amines) is 1. The lowest BCUT2D eigenvalue weighted by Crippen LogP contribution is -2.45. The van der Waals surface area contributed by atoms with E-state index < -0.39 is 12.1 Å². The molecule has 2 atom stereocenters. The average molecular weight is 246 g/mol. The lowest BCUT2D eigenvalue weighted by Gasteiger charge is -2.37. The summed E-state index contributed by atoms with van der Waals surface area (Å²) in [4.78, 5) is 2.10. The minimum atomic E-state index is -4.05. The van der Waals surface area contributed by atoms with Crippen LogP contribution in [0.15, 0.2) is 0 Å². The molecule has 1 saturated heterocycles. The summed E-state index contributed by atoms with van der Waals surface area (Å²) in [5.41, 5.74) is 0. The van der Waals surface area contributed by atoms with Gasteiger partial charge in [-0.15, -0.1) is 0 Å². The highest BCUT2D eigenvalue weighted by molar-refractivity contribution is 4.98. The molecule has 1 heterocycles. The van der Waals surface area contributed by atoms with E-state index in [4.69, 9.17) is 5.26 Å². The van der Waals surface area contributed by atoms with E-state index in [9.17, 15) is 13.2 Å². The fourth-order valence-corrected chi connectivity index (χ4v) is 3.09. The van der Waals surface area contributed by atoms with Gasteiger partial charge in [0.25, 0.3) is 0 Å². The van der Waals surface area contributed by atoms with Crippen molar-refractivity contribution in [2.75, 3.05) is 13.1 Å². The Kier molecular flexibility index (Phi) is 3.62. The number of halogens is 3. The summed E-state index contributed by atoms with van der Waals surface area (Å²) in [6.45, 7) is 0.986. The van der Waals surface area contributed by atoms with Gasteiger partial charge in [0.05, 0.1) is 17.9 Å². The van der Waals surface area contributed by atoms with E-state index in [0.717, 1.165) is 19.3 Å². The first kappa shape index (κ1) is 12.7. The molecular weight excluding hydrogens is 229 g/mol. The molecule has 5 heteroatoms. The van der Waals surface area contributed by atoms with E-state index in [2.05, 4.69) is 11.0 Å². The molecule has 0 N–H and O–H groups in total. The lowest BCUT2D eigenvalue weighted by atomic mass is 9.93. The Morgan fingerprint density at radius 2 is 1.71 bits per heavy atom. The molecule has 1 aliphatic heterocycles. The van der Waals surface area contributed by atoms with Gasteiger partial charge in [0, 0.05) is 6.04 Å². The van der Waals surface area contributed by atoms with Crippen LogP contribution >= 0.6 is 0 Å². The summed E-state index contributed by atoms with van der Waals surface area (Å²) in [5, 5.41) is 8.99. The van der Waals surface area contributed by atoms with Gasteiger partial charge in [-0.05, 0) is 38.8 Å². The zero-order valence-electron chi connectivity index (χ0n) is 9.71. The van der Waals surface area contributed by atoms with Crippen LogP contribution in [0.25, 0.3) is 0 Å². The zero-order valence-corrected chi connectivity index (χ0v) is 9.71. The van der Waals surface area contributed by atoms with Gasteiger partial charge in [-0.25, -0.2) is 0 Å². The second-order valence-electron chi connectivity index (χ2n) is 5.09. The number of rotatable bonds is 1. The van der Waals surface area contributed by atoms with Crippen LogP contribution in [-0.2, 0) is 0 Å². The summed E-state index contributed by atoms with van der Waals surface area (Å²) in [7, 11) is 0. The van der Waals surface area contributed by atoms with Crippen LogP contribution in [0.1, 0.15) is 32.1 Å². The van der Waals surface area contributed by atoms with Crippen LogP contribution < -0.4 is 0 Å². The van der Waals surface area contributed by atoms with Crippen molar-refractivity contribution in [2.45, 2.75) is 44.3 Å². The predicted molar refractivity (Wildman–Crippen MR) is 57.1 cm³/mol. The quantitative estimate of drug-likeness (QED) is 0.711. The molecule has 0 aromatic rings. The van der Waals surface area contributed by atoms with E-state index in [1.165, 1.54) is 0 Å². The van der Waals surface area contributed by atoms with Gasteiger partial charge in [-0.2, -0.15) is 18.4 Å². The first-order chi connectivity index (χ1) is 8.02. The molecule has 0 aromatic carbocycles. The van der Waals surface area contributed by atoms with Crippen LogP contribution in [0.5, 0.6) is 0 Å². The van der Waals surface area contributed by atoms with Gasteiger partial charge in [0.15, 0.2) is 0 Å². The van der Waals surface area contributed by atoms with Crippen molar-refractivity contribution in [3.63, 3.8) is 0 Å². The molecule has 0 aromatic heterocycles. The number of hydrogen-bond acceptors (Lipinski definition) is 2. The number of hydrogen-bond donors (Lipinski definition) is 0. The first-order valence-corrected chi connectivity index (χ1v) is 6.22. The average Bonchev–Trinajstić information content (AvgIpc) is 2.76. The van der Waals surface area contributed by atoms with Crippen LogP contribution in [-0.4, -0.2) is 30.2 Å². The lowest BCUT2D eigenvalue weighted by molar-refractivity contribution is -0.186. The summed E-state index contributed by atoms with van der Waals surface area (Å²) in [5.74, 6) is -1.11. The summed E-state index contributed by atoms with van der Waals surface area (Å²) >= 11 is 0. The highest BCUT2D eigenvalue weighted by Crippen LogP contribution is 2.37. The number of piperidine rings is 1. The van der Waals surface area contributed by atoms with Gasteiger partial charge < -0.3 is 0 Å². The molecular formula is C12H17F3N2. The second kappa shape index (κ2) is 4.85. The predicted octanol–water partition coefficient (Wildman–Crippen LogP) is 2.95. The Labute approximate surface area is 99.4 Å². The topological polar surface area (TPSA) is 27.0 Å². The number of nitriles is 1. The smallest absolute Gasteiger partial charge is 0.299 e. The fraction of sp³-hybridized carbons (Fsp3) is 0.917. The minimum Gasteiger partial charge on any atom is -0.299 e. The molecule has 0 spiro atoms. The molecule has 2 rings (SSSR count). The van der Waals surface area contributed by atoms with Crippen LogP contribution in [0.4, 0.5) is 13.2 Å². The third-order valence-corrected chi connectivity index (χ3v) is 4.11. The Morgan fingerprint density at radius 3 is 2.24 bits per heavy atom. The van der Waals surface area contributed by atoms with Crippen molar-refractivity contribution in [3.8, 4) is 6.07 Å². The zero-order chi connectivity index (χ0) is 12.5. The second-order valence-corrected chi connectivity index (χ2v) is 5.09. The molecule has 0 radical (unpaired) electrons. The molecule has 0 bridgehead atoms. The van der Waals surface area contributed by atoms with Crippen LogP contribution in [0.3, 0.4) is 0 Å². The Morgan fingerprint density at radius 1 is 1.06 bits per heavy atom. The largest absolute Gasteiger partial charge is 0.391 e. The third kappa shape index (κ3) is 2.74. The van der Waals surface area contributed by atoms with Crippen molar-refractivity contribution < 1.29 is 13.2 Å². The molecule has 2 fully saturated rings. The molecule has 2 aliphatic rings. The SMILES string of the molecule is N#CC1CCCC1N1CCC(C(F)(F)F)CC1. The van der Waals surface area contributed by atoms with Crippen LogP contribution in [0.2, 0.25) is 0 Å². The van der Waals surface area contributed by atoms with Gasteiger partial charge in [0.1, 0.15) is 0 Å². The maximum absolute atomic E-state index is 12.5. The maximum Gasteiger partial charge on any atom is 0.391 e. The Balaban J connectivity index is 1.89. The normalized spacial score (nSPS) is 32.6. The molecule has 0 amide bonds. The van der Waals surface area contributed by atoms with Crippen molar-refractivity contribution in [2.24, 2.45) is 11.8 Å². The molecule has 1 saturated carbocycles. The summed E-state index contributed by atoms with van der Waals surface area (Å²) in [6.07, 6.45) is -0.760. The molecule has 1 aliphatic carbocycles.